The molecule has 1 aliphatic heterocycles. The molecule has 1 aliphatic rings. The lowest BCUT2D eigenvalue weighted by Crippen LogP contribution is -2.46. The number of rotatable bonds is 4. The van der Waals surface area contributed by atoms with Gasteiger partial charge in [-0.05, 0) is 37.1 Å². The first-order chi connectivity index (χ1) is 15.6. The van der Waals surface area contributed by atoms with Crippen molar-refractivity contribution in [1.82, 2.24) is 25.0 Å². The van der Waals surface area contributed by atoms with Crippen LogP contribution >= 0.6 is 0 Å². The van der Waals surface area contributed by atoms with Crippen molar-refractivity contribution >= 4 is 22.7 Å². The summed E-state index contributed by atoms with van der Waals surface area (Å²) in [4.78, 5) is 32.4. The van der Waals surface area contributed by atoms with Crippen LogP contribution in [0.2, 0.25) is 0 Å². The van der Waals surface area contributed by atoms with Crippen LogP contribution in [0.3, 0.4) is 0 Å². The van der Waals surface area contributed by atoms with Gasteiger partial charge in [-0.25, -0.2) is 4.98 Å². The fourth-order valence-electron chi connectivity index (χ4n) is 4.11. The van der Waals surface area contributed by atoms with Crippen LogP contribution in [0.4, 0.5) is 0 Å². The van der Waals surface area contributed by atoms with Gasteiger partial charge >= 0.3 is 0 Å². The Morgan fingerprint density at radius 2 is 1.94 bits per heavy atom. The quantitative estimate of drug-likeness (QED) is 0.537. The molecule has 32 heavy (non-hydrogen) atoms. The van der Waals surface area contributed by atoms with Gasteiger partial charge in [-0.2, -0.15) is 5.10 Å². The highest BCUT2D eigenvalue weighted by molar-refractivity contribution is 6.07. The second kappa shape index (κ2) is 8.30. The summed E-state index contributed by atoms with van der Waals surface area (Å²) >= 11 is 0. The molecule has 4 aromatic rings. The standard InChI is InChI=1S/C24H23N5O3/c1-28-15-16(14-25-28)23(30)26-17-8-10-29(11-9-17)24(31)19-13-21(22-7-4-12-32-22)27-20-6-3-2-5-18(19)20/h2-7,12-15,17H,8-11H2,1H3,(H,26,30). The Morgan fingerprint density at radius 3 is 2.66 bits per heavy atom. The number of benzene rings is 1. The predicted octanol–water partition coefficient (Wildman–Crippen LogP) is 3.26. The zero-order valence-corrected chi connectivity index (χ0v) is 17.7. The van der Waals surface area contributed by atoms with Crippen molar-refractivity contribution in [3.05, 3.63) is 72.2 Å². The average molecular weight is 429 g/mol. The van der Waals surface area contributed by atoms with Gasteiger partial charge in [0.25, 0.3) is 11.8 Å². The van der Waals surface area contributed by atoms with E-state index in [1.54, 1.807) is 42.5 Å². The second-order valence-electron chi connectivity index (χ2n) is 7.99. The van der Waals surface area contributed by atoms with Crippen LogP contribution in [-0.4, -0.2) is 50.6 Å². The van der Waals surface area contributed by atoms with Gasteiger partial charge in [0, 0.05) is 37.8 Å². The molecular weight excluding hydrogens is 406 g/mol. The van der Waals surface area contributed by atoms with Crippen LogP contribution in [-0.2, 0) is 7.05 Å². The fraction of sp³-hybridized carbons (Fsp3) is 0.250. The number of pyridine rings is 1. The molecule has 0 radical (unpaired) electrons. The Kier molecular flexibility index (Phi) is 5.18. The van der Waals surface area contributed by atoms with Gasteiger partial charge in [-0.1, -0.05) is 18.2 Å². The van der Waals surface area contributed by atoms with E-state index in [4.69, 9.17) is 4.42 Å². The summed E-state index contributed by atoms with van der Waals surface area (Å²) in [6, 6.07) is 13.1. The number of para-hydroxylation sites is 1. The summed E-state index contributed by atoms with van der Waals surface area (Å²) in [6.45, 7) is 1.15. The number of carbonyl (C=O) groups excluding carboxylic acids is 2. The number of nitrogens with zero attached hydrogens (tertiary/aromatic N) is 4. The molecule has 1 fully saturated rings. The number of aryl methyl sites for hydroxylation is 1. The molecule has 8 heteroatoms. The van der Waals surface area contributed by atoms with Gasteiger partial charge in [0.2, 0.25) is 0 Å². The Balaban J connectivity index is 1.32. The predicted molar refractivity (Wildman–Crippen MR) is 119 cm³/mol. The highest BCUT2D eigenvalue weighted by atomic mass is 16.3. The molecule has 5 rings (SSSR count). The largest absolute Gasteiger partial charge is 0.463 e. The van der Waals surface area contributed by atoms with E-state index in [-0.39, 0.29) is 17.9 Å². The van der Waals surface area contributed by atoms with Crippen LogP contribution < -0.4 is 5.32 Å². The summed E-state index contributed by atoms with van der Waals surface area (Å²) in [6.07, 6.45) is 6.24. The summed E-state index contributed by atoms with van der Waals surface area (Å²) in [5, 5.41) is 7.91. The van der Waals surface area contributed by atoms with Crippen LogP contribution in [0.1, 0.15) is 33.6 Å². The molecule has 0 spiro atoms. The van der Waals surface area contributed by atoms with Crippen molar-refractivity contribution < 1.29 is 14.0 Å². The maximum atomic E-state index is 13.5. The average Bonchev–Trinajstić information content (AvgIpc) is 3.50. The Morgan fingerprint density at radius 1 is 1.12 bits per heavy atom. The van der Waals surface area contributed by atoms with Crippen LogP contribution in [0.5, 0.6) is 0 Å². The molecule has 3 aromatic heterocycles. The zero-order chi connectivity index (χ0) is 22.1. The summed E-state index contributed by atoms with van der Waals surface area (Å²) in [7, 11) is 1.78. The molecule has 4 heterocycles. The molecule has 1 N–H and O–H groups in total. The van der Waals surface area contributed by atoms with Crippen LogP contribution in [0.15, 0.2) is 65.5 Å². The Labute approximate surface area is 184 Å². The van der Waals surface area contributed by atoms with Gasteiger partial charge < -0.3 is 14.6 Å². The van der Waals surface area contributed by atoms with Gasteiger partial charge in [0.1, 0.15) is 5.69 Å². The molecule has 0 bridgehead atoms. The smallest absolute Gasteiger partial charge is 0.254 e. The molecule has 0 saturated carbocycles. The van der Waals surface area contributed by atoms with Gasteiger partial charge in [0.05, 0.1) is 29.1 Å². The first-order valence-corrected chi connectivity index (χ1v) is 10.6. The summed E-state index contributed by atoms with van der Waals surface area (Å²) in [5.74, 6) is 0.459. The number of aromatic nitrogens is 3. The summed E-state index contributed by atoms with van der Waals surface area (Å²) < 4.78 is 7.11. The van der Waals surface area contributed by atoms with Gasteiger partial charge in [-0.15, -0.1) is 0 Å². The van der Waals surface area contributed by atoms with Crippen molar-refractivity contribution in [3.8, 4) is 11.5 Å². The normalized spacial score (nSPS) is 14.6. The first kappa shape index (κ1) is 20.0. The lowest BCUT2D eigenvalue weighted by atomic mass is 10.0. The SMILES string of the molecule is Cn1cc(C(=O)NC2CCN(C(=O)c3cc(-c4ccco4)nc4ccccc34)CC2)cn1. The van der Waals surface area contributed by atoms with E-state index in [9.17, 15) is 9.59 Å². The number of likely N-dealkylation sites (tertiary alicyclic amines) is 1. The minimum absolute atomic E-state index is 0.0274. The number of nitrogens with one attached hydrogen (secondary N) is 1. The molecular formula is C24H23N5O3. The van der Waals surface area contributed by atoms with Gasteiger partial charge in [-0.3, -0.25) is 14.3 Å². The van der Waals surface area contributed by atoms with Crippen molar-refractivity contribution in [2.75, 3.05) is 13.1 Å². The van der Waals surface area contributed by atoms with E-state index in [2.05, 4.69) is 15.4 Å². The van der Waals surface area contributed by atoms with Crippen molar-refractivity contribution in [2.24, 2.45) is 7.05 Å². The maximum Gasteiger partial charge on any atom is 0.254 e. The number of hydrogen-bond acceptors (Lipinski definition) is 5. The molecule has 0 aliphatic carbocycles. The molecule has 8 nitrogen and oxygen atoms in total. The number of carbonyl (C=O) groups is 2. The fourth-order valence-corrected chi connectivity index (χ4v) is 4.11. The maximum absolute atomic E-state index is 13.5. The van der Waals surface area contributed by atoms with Gasteiger partial charge in [0.15, 0.2) is 5.76 Å². The number of piperidine rings is 1. The van der Waals surface area contributed by atoms with E-state index in [1.807, 2.05) is 35.2 Å². The lowest BCUT2D eigenvalue weighted by molar-refractivity contribution is 0.0700. The monoisotopic (exact) mass is 429 g/mol. The van der Waals surface area contributed by atoms with Crippen LogP contribution in [0.25, 0.3) is 22.4 Å². The van der Waals surface area contributed by atoms with E-state index < -0.39 is 0 Å². The lowest BCUT2D eigenvalue weighted by Gasteiger charge is -2.32. The topological polar surface area (TPSA) is 93.3 Å². The molecule has 2 amide bonds. The first-order valence-electron chi connectivity index (χ1n) is 10.6. The number of fused-ring (bicyclic) bond motifs is 1. The van der Waals surface area contributed by atoms with Crippen molar-refractivity contribution in [3.63, 3.8) is 0 Å². The van der Waals surface area contributed by atoms with Crippen LogP contribution in [0, 0.1) is 0 Å². The number of amides is 2. The third-order valence-electron chi connectivity index (χ3n) is 5.80. The van der Waals surface area contributed by atoms with E-state index >= 15 is 0 Å². The van der Waals surface area contributed by atoms with Crippen molar-refractivity contribution in [1.29, 1.82) is 0 Å². The molecule has 0 atom stereocenters. The minimum Gasteiger partial charge on any atom is -0.463 e. The second-order valence-corrected chi connectivity index (χ2v) is 7.99. The Bertz CT molecular complexity index is 1270. The summed E-state index contributed by atoms with van der Waals surface area (Å²) in [5.41, 5.74) is 2.54. The molecule has 1 saturated heterocycles. The third kappa shape index (κ3) is 3.87. The van der Waals surface area contributed by atoms with E-state index in [1.165, 1.54) is 0 Å². The third-order valence-corrected chi connectivity index (χ3v) is 5.80. The zero-order valence-electron chi connectivity index (χ0n) is 17.7. The number of furan rings is 1. The van der Waals surface area contributed by atoms with Crippen molar-refractivity contribution in [2.45, 2.75) is 18.9 Å². The number of hydrogen-bond donors (Lipinski definition) is 1. The highest BCUT2D eigenvalue weighted by Crippen LogP contribution is 2.27. The molecule has 0 unspecified atom stereocenters. The highest BCUT2D eigenvalue weighted by Gasteiger charge is 2.27. The minimum atomic E-state index is -0.133. The molecule has 162 valence electrons. The van der Waals surface area contributed by atoms with E-state index in [0.29, 0.717) is 48.5 Å². The Hall–Kier alpha value is -3.94. The molecule has 1 aromatic carbocycles. The van der Waals surface area contributed by atoms with E-state index in [0.717, 1.165) is 10.9 Å².